The number of sulfonamides is 1. The first-order valence-electron chi connectivity index (χ1n) is 8.73. The van der Waals surface area contributed by atoms with Gasteiger partial charge in [-0.2, -0.15) is 0 Å². The highest BCUT2D eigenvalue weighted by molar-refractivity contribution is 9.10. The Hall–Kier alpha value is -2.06. The average molecular weight is 528 g/mol. The number of carbonyl (C=O) groups is 1. The molecule has 5 nitrogen and oxygen atoms in total. The average Bonchev–Trinajstić information content (AvgIpc) is 2.69. The predicted octanol–water partition coefficient (Wildman–Crippen LogP) is 5.97. The molecule has 0 aliphatic heterocycles. The SMILES string of the molecule is CS(=O)(=O)N(Cc1c(Cl)cccc1Cl)c1ccc(C(=O)Nc2ccccc2Br)cc1. The quantitative estimate of drug-likeness (QED) is 0.429. The minimum Gasteiger partial charge on any atom is -0.321 e. The van der Waals surface area contributed by atoms with Gasteiger partial charge in [0.25, 0.3) is 5.91 Å². The number of carbonyl (C=O) groups excluding carboxylic acids is 1. The first-order valence-corrected chi connectivity index (χ1v) is 12.1. The number of benzene rings is 3. The highest BCUT2D eigenvalue weighted by Gasteiger charge is 2.21. The Kier molecular flexibility index (Phi) is 7.08. The molecular weight excluding hydrogens is 511 g/mol. The van der Waals surface area contributed by atoms with Crippen molar-refractivity contribution < 1.29 is 13.2 Å². The summed E-state index contributed by atoms with van der Waals surface area (Å²) < 4.78 is 26.8. The molecule has 0 aliphatic carbocycles. The molecule has 9 heteroatoms. The maximum absolute atomic E-state index is 12.5. The molecule has 0 radical (unpaired) electrons. The number of nitrogens with zero attached hydrogens (tertiary/aromatic N) is 1. The van der Waals surface area contributed by atoms with E-state index in [9.17, 15) is 13.2 Å². The maximum Gasteiger partial charge on any atom is 0.255 e. The Morgan fingerprint density at radius 1 is 0.967 bits per heavy atom. The third-order valence-corrected chi connectivity index (χ3v) is 6.84. The van der Waals surface area contributed by atoms with E-state index in [0.29, 0.717) is 32.5 Å². The van der Waals surface area contributed by atoms with Crippen molar-refractivity contribution in [3.63, 3.8) is 0 Å². The van der Waals surface area contributed by atoms with E-state index in [4.69, 9.17) is 23.2 Å². The van der Waals surface area contributed by atoms with Crippen molar-refractivity contribution in [1.82, 2.24) is 0 Å². The van der Waals surface area contributed by atoms with E-state index in [2.05, 4.69) is 21.2 Å². The molecule has 0 atom stereocenters. The van der Waals surface area contributed by atoms with Gasteiger partial charge in [0.1, 0.15) is 0 Å². The molecule has 3 aromatic rings. The summed E-state index contributed by atoms with van der Waals surface area (Å²) >= 11 is 15.8. The van der Waals surface area contributed by atoms with Crippen molar-refractivity contribution in [2.75, 3.05) is 15.9 Å². The van der Waals surface area contributed by atoms with Gasteiger partial charge in [0.2, 0.25) is 10.0 Å². The zero-order valence-corrected chi connectivity index (χ0v) is 19.7. The molecule has 3 rings (SSSR count). The van der Waals surface area contributed by atoms with Crippen molar-refractivity contribution in [1.29, 1.82) is 0 Å². The summed E-state index contributed by atoms with van der Waals surface area (Å²) in [7, 11) is -3.63. The number of hydrogen-bond donors (Lipinski definition) is 1. The smallest absolute Gasteiger partial charge is 0.255 e. The van der Waals surface area contributed by atoms with E-state index < -0.39 is 10.0 Å². The maximum atomic E-state index is 12.5. The first kappa shape index (κ1) is 22.6. The molecule has 156 valence electrons. The monoisotopic (exact) mass is 526 g/mol. The molecule has 0 unspecified atom stereocenters. The fraction of sp³-hybridized carbons (Fsp3) is 0.0952. The number of rotatable bonds is 6. The molecule has 0 bridgehead atoms. The van der Waals surface area contributed by atoms with Gasteiger partial charge in [0.05, 0.1) is 24.2 Å². The van der Waals surface area contributed by atoms with Crippen LogP contribution in [0.2, 0.25) is 10.0 Å². The van der Waals surface area contributed by atoms with Gasteiger partial charge in [0.15, 0.2) is 0 Å². The van der Waals surface area contributed by atoms with Crippen LogP contribution >= 0.6 is 39.1 Å². The first-order chi connectivity index (χ1) is 14.2. The lowest BCUT2D eigenvalue weighted by molar-refractivity contribution is 0.102. The predicted molar refractivity (Wildman–Crippen MR) is 126 cm³/mol. The lowest BCUT2D eigenvalue weighted by Gasteiger charge is -2.23. The Morgan fingerprint density at radius 2 is 1.57 bits per heavy atom. The summed E-state index contributed by atoms with van der Waals surface area (Å²) in [5, 5.41) is 3.56. The Balaban J connectivity index is 1.86. The van der Waals surface area contributed by atoms with Crippen LogP contribution in [-0.2, 0) is 16.6 Å². The van der Waals surface area contributed by atoms with Crippen molar-refractivity contribution in [2.24, 2.45) is 0 Å². The summed E-state index contributed by atoms with van der Waals surface area (Å²) in [5.41, 5.74) is 1.92. The molecule has 0 saturated heterocycles. The summed E-state index contributed by atoms with van der Waals surface area (Å²) in [4.78, 5) is 12.5. The van der Waals surface area contributed by atoms with Crippen LogP contribution in [0.15, 0.2) is 71.2 Å². The number of anilines is 2. The Bertz CT molecular complexity index is 1160. The van der Waals surface area contributed by atoms with Crippen molar-refractivity contribution >= 4 is 66.4 Å². The van der Waals surface area contributed by atoms with Crippen LogP contribution in [0, 0.1) is 0 Å². The third-order valence-electron chi connectivity index (χ3n) is 4.30. The minimum atomic E-state index is -3.63. The second-order valence-electron chi connectivity index (χ2n) is 6.45. The van der Waals surface area contributed by atoms with Crippen LogP contribution in [0.1, 0.15) is 15.9 Å². The van der Waals surface area contributed by atoms with Crippen molar-refractivity contribution in [3.8, 4) is 0 Å². The van der Waals surface area contributed by atoms with Gasteiger partial charge in [-0.1, -0.05) is 41.4 Å². The third kappa shape index (κ3) is 5.35. The van der Waals surface area contributed by atoms with Crippen LogP contribution < -0.4 is 9.62 Å². The molecule has 0 spiro atoms. The normalized spacial score (nSPS) is 11.2. The van der Waals surface area contributed by atoms with Crippen molar-refractivity contribution in [3.05, 3.63) is 92.4 Å². The zero-order chi connectivity index (χ0) is 21.9. The molecule has 0 fully saturated rings. The number of amides is 1. The van der Waals surface area contributed by atoms with Gasteiger partial charge in [-0.15, -0.1) is 0 Å². The summed E-state index contributed by atoms with van der Waals surface area (Å²) in [5.74, 6) is -0.312. The van der Waals surface area contributed by atoms with Gasteiger partial charge in [0, 0.05) is 25.6 Å². The van der Waals surface area contributed by atoms with E-state index in [1.54, 1.807) is 48.5 Å². The van der Waals surface area contributed by atoms with E-state index in [1.165, 1.54) is 4.31 Å². The molecule has 30 heavy (non-hydrogen) atoms. The fourth-order valence-corrected chi connectivity index (χ4v) is 4.53. The largest absolute Gasteiger partial charge is 0.321 e. The van der Waals surface area contributed by atoms with E-state index in [0.717, 1.165) is 10.7 Å². The van der Waals surface area contributed by atoms with Crippen molar-refractivity contribution in [2.45, 2.75) is 6.54 Å². The molecule has 0 aliphatic rings. The van der Waals surface area contributed by atoms with Crippen LogP contribution in [0.3, 0.4) is 0 Å². The molecule has 1 N–H and O–H groups in total. The van der Waals surface area contributed by atoms with Crippen LogP contribution in [-0.4, -0.2) is 20.6 Å². The number of hydrogen-bond acceptors (Lipinski definition) is 3. The fourth-order valence-electron chi connectivity index (χ4n) is 2.76. The van der Waals surface area contributed by atoms with Crippen LogP contribution in [0.25, 0.3) is 0 Å². The lowest BCUT2D eigenvalue weighted by atomic mass is 10.1. The summed E-state index contributed by atoms with van der Waals surface area (Å²) in [6, 6.07) is 18.5. The van der Waals surface area contributed by atoms with E-state index in [-0.39, 0.29) is 12.5 Å². The minimum absolute atomic E-state index is 0.0279. The Morgan fingerprint density at radius 3 is 2.13 bits per heavy atom. The summed E-state index contributed by atoms with van der Waals surface area (Å²) in [6.07, 6.45) is 1.10. The van der Waals surface area contributed by atoms with E-state index in [1.807, 2.05) is 18.2 Å². The second-order valence-corrected chi connectivity index (χ2v) is 10.0. The molecular formula is C21H17BrCl2N2O3S. The van der Waals surface area contributed by atoms with Crippen LogP contribution in [0.5, 0.6) is 0 Å². The highest BCUT2D eigenvalue weighted by Crippen LogP contribution is 2.29. The standard InChI is InChI=1S/C21H17BrCl2N2O3S/c1-30(28,29)26(13-16-18(23)6-4-7-19(16)24)15-11-9-14(10-12-15)21(27)25-20-8-3-2-5-17(20)22/h2-12H,13H2,1H3,(H,25,27). The van der Waals surface area contributed by atoms with Crippen LogP contribution in [0.4, 0.5) is 11.4 Å². The number of halogens is 3. The Labute approximate surface area is 193 Å². The lowest BCUT2D eigenvalue weighted by Crippen LogP contribution is -2.29. The summed E-state index contributed by atoms with van der Waals surface area (Å²) in [6.45, 7) is -0.0279. The molecule has 0 heterocycles. The molecule has 0 aromatic heterocycles. The second kappa shape index (κ2) is 9.39. The van der Waals surface area contributed by atoms with Gasteiger partial charge >= 0.3 is 0 Å². The molecule has 0 saturated carbocycles. The number of para-hydroxylation sites is 1. The van der Waals surface area contributed by atoms with Gasteiger partial charge in [-0.3, -0.25) is 9.10 Å². The molecule has 3 aromatic carbocycles. The zero-order valence-electron chi connectivity index (χ0n) is 15.8. The van der Waals surface area contributed by atoms with Gasteiger partial charge < -0.3 is 5.32 Å². The highest BCUT2D eigenvalue weighted by atomic mass is 79.9. The van der Waals surface area contributed by atoms with E-state index >= 15 is 0 Å². The number of nitrogens with one attached hydrogen (secondary N) is 1. The molecule has 1 amide bonds. The topological polar surface area (TPSA) is 66.5 Å². The van der Waals surface area contributed by atoms with Gasteiger partial charge in [-0.25, -0.2) is 8.42 Å². The van der Waals surface area contributed by atoms with Gasteiger partial charge in [-0.05, 0) is 64.5 Å².